The van der Waals surface area contributed by atoms with Crippen LogP contribution in [0.2, 0.25) is 0 Å². The van der Waals surface area contributed by atoms with Crippen LogP contribution in [0, 0.1) is 0 Å². The van der Waals surface area contributed by atoms with Crippen molar-refractivity contribution in [2.24, 2.45) is 0 Å². The van der Waals surface area contributed by atoms with Crippen LogP contribution in [-0.2, 0) is 4.74 Å². The maximum atomic E-state index is 12.0. The van der Waals surface area contributed by atoms with E-state index in [1.54, 1.807) is 18.2 Å². The third-order valence-electron chi connectivity index (χ3n) is 2.49. The van der Waals surface area contributed by atoms with Gasteiger partial charge in [0, 0.05) is 6.07 Å². The van der Waals surface area contributed by atoms with Crippen LogP contribution in [-0.4, -0.2) is 29.0 Å². The van der Waals surface area contributed by atoms with E-state index in [0.717, 1.165) is 12.4 Å². The van der Waals surface area contributed by atoms with Gasteiger partial charge in [0.2, 0.25) is 0 Å². The fourth-order valence-electron chi connectivity index (χ4n) is 1.56. The van der Waals surface area contributed by atoms with Crippen LogP contribution in [0.3, 0.4) is 0 Å². The summed E-state index contributed by atoms with van der Waals surface area (Å²) in [6.45, 7) is 0. The van der Waals surface area contributed by atoms with Crippen molar-refractivity contribution in [1.29, 1.82) is 0 Å². The minimum atomic E-state index is -0.590. The van der Waals surface area contributed by atoms with Crippen LogP contribution in [0.1, 0.15) is 20.8 Å². The summed E-state index contributed by atoms with van der Waals surface area (Å²) in [4.78, 5) is 40.7. The molecule has 1 amide bonds. The number of nitrogens with zero attached hydrogens (tertiary/aromatic N) is 1. The number of hydrogen-bond donors (Lipinski definition) is 2. The third-order valence-corrected chi connectivity index (χ3v) is 2.49. The third kappa shape index (κ3) is 2.89. The molecule has 7 heteroatoms. The monoisotopic (exact) mass is 273 g/mol. The van der Waals surface area contributed by atoms with E-state index < -0.39 is 17.4 Å². The molecular formula is C13H11N3O4. The largest absolute Gasteiger partial charge is 0.465 e. The number of benzene rings is 1. The second kappa shape index (κ2) is 5.79. The first-order valence-electron chi connectivity index (χ1n) is 5.65. The van der Waals surface area contributed by atoms with Crippen molar-refractivity contribution >= 4 is 17.6 Å². The van der Waals surface area contributed by atoms with E-state index in [1.165, 1.54) is 13.2 Å². The highest BCUT2D eigenvalue weighted by Gasteiger charge is 2.15. The van der Waals surface area contributed by atoms with E-state index >= 15 is 0 Å². The van der Waals surface area contributed by atoms with Crippen molar-refractivity contribution in [3.63, 3.8) is 0 Å². The Bertz CT molecular complexity index is 709. The molecule has 0 aliphatic rings. The molecule has 0 spiro atoms. The number of amides is 1. The molecule has 102 valence electrons. The molecule has 0 radical (unpaired) electrons. The van der Waals surface area contributed by atoms with Gasteiger partial charge in [0.15, 0.2) is 0 Å². The summed E-state index contributed by atoms with van der Waals surface area (Å²) >= 11 is 0. The molecule has 2 N–H and O–H groups in total. The van der Waals surface area contributed by atoms with Crippen LogP contribution in [0.15, 0.2) is 41.5 Å². The van der Waals surface area contributed by atoms with Crippen molar-refractivity contribution in [2.75, 3.05) is 12.4 Å². The van der Waals surface area contributed by atoms with Gasteiger partial charge in [0.1, 0.15) is 5.69 Å². The average molecular weight is 273 g/mol. The zero-order valence-electron chi connectivity index (χ0n) is 10.5. The Kier molecular flexibility index (Phi) is 3.90. The number of aromatic nitrogens is 2. The van der Waals surface area contributed by atoms with E-state index in [-0.39, 0.29) is 16.9 Å². The summed E-state index contributed by atoms with van der Waals surface area (Å²) in [5.41, 5.74) is 0.0134. The van der Waals surface area contributed by atoms with Crippen LogP contribution in [0.25, 0.3) is 0 Å². The summed E-state index contributed by atoms with van der Waals surface area (Å²) in [6, 6.07) is 7.45. The highest BCUT2D eigenvalue weighted by molar-refractivity contribution is 6.06. The molecule has 0 unspecified atom stereocenters. The van der Waals surface area contributed by atoms with Gasteiger partial charge in [0.05, 0.1) is 24.7 Å². The summed E-state index contributed by atoms with van der Waals surface area (Å²) in [5.74, 6) is -1.16. The Morgan fingerprint density at radius 3 is 2.75 bits per heavy atom. The number of nitrogens with one attached hydrogen (secondary N) is 2. The van der Waals surface area contributed by atoms with Gasteiger partial charge < -0.3 is 15.0 Å². The Labute approximate surface area is 113 Å². The van der Waals surface area contributed by atoms with Gasteiger partial charge in [-0.1, -0.05) is 12.1 Å². The second-order valence-corrected chi connectivity index (χ2v) is 3.79. The first-order valence-corrected chi connectivity index (χ1v) is 5.65. The quantitative estimate of drug-likeness (QED) is 0.806. The number of carbonyl (C=O) groups is 2. The number of esters is 1. The van der Waals surface area contributed by atoms with E-state index in [1.807, 2.05) is 0 Å². The van der Waals surface area contributed by atoms with Crippen molar-refractivity contribution in [3.8, 4) is 0 Å². The molecule has 0 fully saturated rings. The van der Waals surface area contributed by atoms with E-state index in [4.69, 9.17) is 0 Å². The molecule has 1 aromatic heterocycles. The van der Waals surface area contributed by atoms with Crippen LogP contribution >= 0.6 is 0 Å². The Morgan fingerprint density at radius 2 is 2.05 bits per heavy atom. The zero-order chi connectivity index (χ0) is 14.5. The molecule has 0 saturated heterocycles. The molecule has 0 bridgehead atoms. The molecule has 0 atom stereocenters. The highest BCUT2D eigenvalue weighted by Crippen LogP contribution is 2.16. The fourth-order valence-corrected chi connectivity index (χ4v) is 1.56. The average Bonchev–Trinajstić information content (AvgIpc) is 2.47. The lowest BCUT2D eigenvalue weighted by molar-refractivity contribution is 0.0602. The molecule has 1 heterocycles. The van der Waals surface area contributed by atoms with Gasteiger partial charge in [-0.2, -0.15) is 0 Å². The standard InChI is InChI=1S/C13H11N3O4/c1-20-13(19)8-4-2-3-5-9(8)16-12(18)10-6-11(17)15-7-14-10/h2-7H,1H3,(H,16,18)(H,14,15,17). The Balaban J connectivity index is 2.29. The molecule has 7 nitrogen and oxygen atoms in total. The number of methoxy groups -OCH3 is 1. The van der Waals surface area contributed by atoms with E-state index in [2.05, 4.69) is 20.0 Å². The smallest absolute Gasteiger partial charge is 0.339 e. The highest BCUT2D eigenvalue weighted by atomic mass is 16.5. The fraction of sp³-hybridized carbons (Fsp3) is 0.0769. The molecule has 2 rings (SSSR count). The molecule has 0 aliphatic carbocycles. The maximum Gasteiger partial charge on any atom is 0.339 e. The van der Waals surface area contributed by atoms with Crippen LogP contribution in [0.4, 0.5) is 5.69 Å². The topological polar surface area (TPSA) is 101 Å². The summed E-state index contributed by atoms with van der Waals surface area (Å²) in [6.07, 6.45) is 1.13. The minimum Gasteiger partial charge on any atom is -0.465 e. The van der Waals surface area contributed by atoms with Gasteiger partial charge in [-0.25, -0.2) is 9.78 Å². The lowest BCUT2D eigenvalue weighted by Gasteiger charge is -2.08. The second-order valence-electron chi connectivity index (χ2n) is 3.79. The molecule has 2 aromatic rings. The van der Waals surface area contributed by atoms with Crippen molar-refractivity contribution in [2.45, 2.75) is 0 Å². The van der Waals surface area contributed by atoms with Gasteiger partial charge in [-0.15, -0.1) is 0 Å². The number of carbonyl (C=O) groups excluding carboxylic acids is 2. The van der Waals surface area contributed by atoms with Gasteiger partial charge in [-0.3, -0.25) is 9.59 Å². The summed E-state index contributed by atoms with van der Waals surface area (Å²) < 4.78 is 4.62. The number of aromatic amines is 1. The van der Waals surface area contributed by atoms with Gasteiger partial charge in [0.25, 0.3) is 11.5 Å². The predicted octanol–water partition coefficient (Wildman–Crippen LogP) is 0.809. The maximum absolute atomic E-state index is 12.0. The predicted molar refractivity (Wildman–Crippen MR) is 70.6 cm³/mol. The van der Waals surface area contributed by atoms with Gasteiger partial charge in [-0.05, 0) is 12.1 Å². The molecule has 1 aromatic carbocycles. The Morgan fingerprint density at radius 1 is 1.30 bits per heavy atom. The summed E-state index contributed by atoms with van der Waals surface area (Å²) in [5, 5.41) is 2.51. The normalized spacial score (nSPS) is 9.85. The number of ether oxygens (including phenoxy) is 1. The van der Waals surface area contributed by atoms with Crippen molar-refractivity contribution < 1.29 is 14.3 Å². The SMILES string of the molecule is COC(=O)c1ccccc1NC(=O)c1cc(=O)[nH]cn1. The van der Waals surface area contributed by atoms with Crippen LogP contribution < -0.4 is 10.9 Å². The number of para-hydroxylation sites is 1. The number of H-pyrrole nitrogens is 1. The lowest BCUT2D eigenvalue weighted by Crippen LogP contribution is -2.19. The van der Waals surface area contributed by atoms with Crippen molar-refractivity contribution in [3.05, 3.63) is 58.3 Å². The molecule has 0 saturated carbocycles. The van der Waals surface area contributed by atoms with E-state index in [9.17, 15) is 14.4 Å². The van der Waals surface area contributed by atoms with E-state index in [0.29, 0.717) is 0 Å². The van der Waals surface area contributed by atoms with Crippen LogP contribution in [0.5, 0.6) is 0 Å². The number of hydrogen-bond acceptors (Lipinski definition) is 5. The summed E-state index contributed by atoms with van der Waals surface area (Å²) in [7, 11) is 1.25. The molecule has 20 heavy (non-hydrogen) atoms. The molecular weight excluding hydrogens is 262 g/mol. The van der Waals surface area contributed by atoms with Crippen molar-refractivity contribution in [1.82, 2.24) is 9.97 Å². The first kappa shape index (κ1) is 13.5. The lowest BCUT2D eigenvalue weighted by atomic mass is 10.1. The zero-order valence-corrected chi connectivity index (χ0v) is 10.5. The number of rotatable bonds is 3. The molecule has 0 aliphatic heterocycles. The van der Waals surface area contributed by atoms with Gasteiger partial charge >= 0.3 is 5.97 Å². The first-order chi connectivity index (χ1) is 9.61. The number of anilines is 1. The Hall–Kier alpha value is -2.96. The minimum absolute atomic E-state index is 0.0478.